The summed E-state index contributed by atoms with van der Waals surface area (Å²) in [7, 11) is 0. The molecule has 28 heavy (non-hydrogen) atoms. The average molecular weight is 377 g/mol. The van der Waals surface area contributed by atoms with Gasteiger partial charge in [0.05, 0.1) is 0 Å². The van der Waals surface area contributed by atoms with Gasteiger partial charge in [0.15, 0.2) is 0 Å². The second-order valence-electron chi connectivity index (χ2n) is 8.15. The van der Waals surface area contributed by atoms with Crippen molar-refractivity contribution < 1.29 is 9.59 Å². The standard InChI is InChI=1S/C24H28N2O2/c1-17-8-14-21(15-9-17)25-23(27)19-10-12-20(13-11-19)24(28)26-16-4-6-18-5-2-3-7-22(18)26/h8-15,18,22H,2-7,16H2,1H3,(H,25,27)/t18-,22+/m1/s1. The van der Waals surface area contributed by atoms with Gasteiger partial charge in [0.1, 0.15) is 0 Å². The fraction of sp³-hybridized carbons (Fsp3) is 0.417. The SMILES string of the molecule is Cc1ccc(NC(=O)c2ccc(C(=O)N3CCC[C@H]4CCCC[C@@H]43)cc2)cc1. The van der Waals surface area contributed by atoms with Crippen molar-refractivity contribution in [1.82, 2.24) is 4.90 Å². The van der Waals surface area contributed by atoms with Crippen LogP contribution in [0.25, 0.3) is 0 Å². The zero-order valence-electron chi connectivity index (χ0n) is 16.5. The molecule has 0 spiro atoms. The Morgan fingerprint density at radius 2 is 1.50 bits per heavy atom. The van der Waals surface area contributed by atoms with E-state index in [2.05, 4.69) is 10.2 Å². The summed E-state index contributed by atoms with van der Waals surface area (Å²) >= 11 is 0. The number of carbonyl (C=O) groups excluding carboxylic acids is 2. The van der Waals surface area contributed by atoms with E-state index in [1.807, 2.05) is 31.2 Å². The van der Waals surface area contributed by atoms with E-state index in [1.54, 1.807) is 24.3 Å². The monoisotopic (exact) mass is 376 g/mol. The summed E-state index contributed by atoms with van der Waals surface area (Å²) in [6, 6.07) is 15.2. The van der Waals surface area contributed by atoms with Gasteiger partial charge < -0.3 is 10.2 Å². The zero-order valence-corrected chi connectivity index (χ0v) is 16.5. The number of hydrogen-bond donors (Lipinski definition) is 1. The zero-order chi connectivity index (χ0) is 19.5. The highest BCUT2D eigenvalue weighted by atomic mass is 16.2. The van der Waals surface area contributed by atoms with Crippen LogP contribution < -0.4 is 5.32 Å². The minimum Gasteiger partial charge on any atom is -0.335 e. The van der Waals surface area contributed by atoms with Crippen LogP contribution in [-0.2, 0) is 0 Å². The normalized spacial score (nSPS) is 21.7. The molecule has 146 valence electrons. The number of amides is 2. The van der Waals surface area contributed by atoms with Crippen LogP contribution in [0.15, 0.2) is 48.5 Å². The number of carbonyl (C=O) groups is 2. The maximum Gasteiger partial charge on any atom is 0.255 e. The van der Waals surface area contributed by atoms with Crippen LogP contribution in [0.1, 0.15) is 64.8 Å². The lowest BCUT2D eigenvalue weighted by molar-refractivity contribution is 0.0390. The van der Waals surface area contributed by atoms with Gasteiger partial charge in [0.25, 0.3) is 11.8 Å². The number of nitrogens with one attached hydrogen (secondary N) is 1. The van der Waals surface area contributed by atoms with Gasteiger partial charge in [-0.05, 0) is 74.9 Å². The first-order valence-electron chi connectivity index (χ1n) is 10.4. The Hall–Kier alpha value is -2.62. The van der Waals surface area contributed by atoms with Crippen molar-refractivity contribution in [3.05, 3.63) is 65.2 Å². The van der Waals surface area contributed by atoms with E-state index in [4.69, 9.17) is 0 Å². The molecule has 2 amide bonds. The minimum absolute atomic E-state index is 0.113. The molecule has 1 heterocycles. The van der Waals surface area contributed by atoms with Gasteiger partial charge >= 0.3 is 0 Å². The summed E-state index contributed by atoms with van der Waals surface area (Å²) in [5.41, 5.74) is 3.16. The first-order chi connectivity index (χ1) is 13.6. The van der Waals surface area contributed by atoms with Crippen LogP contribution in [-0.4, -0.2) is 29.3 Å². The van der Waals surface area contributed by atoms with Crippen molar-refractivity contribution >= 4 is 17.5 Å². The number of rotatable bonds is 3. The van der Waals surface area contributed by atoms with Crippen LogP contribution in [0, 0.1) is 12.8 Å². The lowest BCUT2D eigenvalue weighted by Crippen LogP contribution is -2.49. The van der Waals surface area contributed by atoms with Crippen molar-refractivity contribution in [2.24, 2.45) is 5.92 Å². The summed E-state index contributed by atoms with van der Waals surface area (Å²) in [6.07, 6.45) is 7.27. The van der Waals surface area contributed by atoms with Crippen molar-refractivity contribution in [3.63, 3.8) is 0 Å². The molecule has 1 saturated heterocycles. The van der Waals surface area contributed by atoms with Gasteiger partial charge in [-0.2, -0.15) is 0 Å². The number of likely N-dealkylation sites (tertiary alicyclic amines) is 1. The number of aryl methyl sites for hydroxylation is 1. The topological polar surface area (TPSA) is 49.4 Å². The number of hydrogen-bond acceptors (Lipinski definition) is 2. The highest BCUT2D eigenvalue weighted by molar-refractivity contribution is 6.05. The van der Waals surface area contributed by atoms with E-state index in [-0.39, 0.29) is 11.8 Å². The molecule has 2 aromatic carbocycles. The van der Waals surface area contributed by atoms with Gasteiger partial charge in [0, 0.05) is 29.4 Å². The Morgan fingerprint density at radius 3 is 2.25 bits per heavy atom. The van der Waals surface area contributed by atoms with Crippen molar-refractivity contribution in [3.8, 4) is 0 Å². The summed E-state index contributed by atoms with van der Waals surface area (Å²) < 4.78 is 0. The molecule has 4 nitrogen and oxygen atoms in total. The number of piperidine rings is 1. The fourth-order valence-corrected chi connectivity index (χ4v) is 4.65. The minimum atomic E-state index is -0.159. The third-order valence-corrected chi connectivity index (χ3v) is 6.21. The van der Waals surface area contributed by atoms with E-state index in [1.165, 1.54) is 25.7 Å². The molecular formula is C24H28N2O2. The maximum absolute atomic E-state index is 13.1. The highest BCUT2D eigenvalue weighted by Crippen LogP contribution is 2.35. The van der Waals surface area contributed by atoms with Crippen molar-refractivity contribution in [2.75, 3.05) is 11.9 Å². The third-order valence-electron chi connectivity index (χ3n) is 6.21. The Balaban J connectivity index is 1.44. The molecule has 0 unspecified atom stereocenters. The van der Waals surface area contributed by atoms with Crippen molar-refractivity contribution in [1.29, 1.82) is 0 Å². The van der Waals surface area contributed by atoms with Gasteiger partial charge in [0.2, 0.25) is 0 Å². The molecule has 1 aliphatic carbocycles. The Bertz CT molecular complexity index is 840. The molecule has 4 rings (SSSR count). The molecule has 4 heteroatoms. The summed E-state index contributed by atoms with van der Waals surface area (Å²) in [6.45, 7) is 2.87. The van der Waals surface area contributed by atoms with Crippen LogP contribution in [0.4, 0.5) is 5.69 Å². The number of anilines is 1. The Morgan fingerprint density at radius 1 is 0.857 bits per heavy atom. The van der Waals surface area contributed by atoms with Crippen LogP contribution in [0.2, 0.25) is 0 Å². The molecule has 0 aromatic heterocycles. The largest absolute Gasteiger partial charge is 0.335 e. The molecule has 0 radical (unpaired) electrons. The average Bonchev–Trinajstić information content (AvgIpc) is 2.74. The molecule has 2 fully saturated rings. The molecular weight excluding hydrogens is 348 g/mol. The predicted octanol–water partition coefficient (Wildman–Crippen LogP) is 5.04. The van der Waals surface area contributed by atoms with Crippen molar-refractivity contribution in [2.45, 2.75) is 51.5 Å². The van der Waals surface area contributed by atoms with E-state index >= 15 is 0 Å². The second kappa shape index (κ2) is 8.17. The summed E-state index contributed by atoms with van der Waals surface area (Å²) in [5, 5.41) is 2.90. The van der Waals surface area contributed by atoms with E-state index in [0.29, 0.717) is 23.1 Å². The van der Waals surface area contributed by atoms with Crippen LogP contribution in [0.3, 0.4) is 0 Å². The molecule has 0 bridgehead atoms. The second-order valence-corrected chi connectivity index (χ2v) is 8.15. The third kappa shape index (κ3) is 3.96. The van der Waals surface area contributed by atoms with E-state index < -0.39 is 0 Å². The molecule has 2 aromatic rings. The van der Waals surface area contributed by atoms with Gasteiger partial charge in [-0.15, -0.1) is 0 Å². The molecule has 1 N–H and O–H groups in total. The number of nitrogens with zero attached hydrogens (tertiary/aromatic N) is 1. The smallest absolute Gasteiger partial charge is 0.255 e. The maximum atomic E-state index is 13.1. The Kier molecular flexibility index (Phi) is 5.47. The molecule has 2 atom stereocenters. The number of fused-ring (bicyclic) bond motifs is 1. The van der Waals surface area contributed by atoms with Gasteiger partial charge in [-0.3, -0.25) is 9.59 Å². The first kappa shape index (κ1) is 18.7. The lowest BCUT2D eigenvalue weighted by atomic mass is 9.78. The lowest BCUT2D eigenvalue weighted by Gasteiger charge is -2.44. The summed E-state index contributed by atoms with van der Waals surface area (Å²) in [4.78, 5) is 27.6. The van der Waals surface area contributed by atoms with Crippen LogP contribution in [0.5, 0.6) is 0 Å². The van der Waals surface area contributed by atoms with Crippen LogP contribution >= 0.6 is 0 Å². The molecule has 2 aliphatic rings. The molecule has 1 saturated carbocycles. The fourth-order valence-electron chi connectivity index (χ4n) is 4.65. The van der Waals surface area contributed by atoms with E-state index in [9.17, 15) is 9.59 Å². The van der Waals surface area contributed by atoms with E-state index in [0.717, 1.165) is 30.6 Å². The van der Waals surface area contributed by atoms with Gasteiger partial charge in [-0.1, -0.05) is 30.5 Å². The molecule has 1 aliphatic heterocycles. The Labute approximate surface area is 166 Å². The predicted molar refractivity (Wildman–Crippen MR) is 112 cm³/mol. The quantitative estimate of drug-likeness (QED) is 0.816. The van der Waals surface area contributed by atoms with Gasteiger partial charge in [-0.25, -0.2) is 0 Å². The summed E-state index contributed by atoms with van der Waals surface area (Å²) in [5.74, 6) is 0.626. The first-order valence-corrected chi connectivity index (χ1v) is 10.4. The number of benzene rings is 2. The highest BCUT2D eigenvalue weighted by Gasteiger charge is 2.35.